The van der Waals surface area contributed by atoms with Crippen molar-refractivity contribution in [1.29, 1.82) is 0 Å². The van der Waals surface area contributed by atoms with Gasteiger partial charge in [-0.1, -0.05) is 194 Å². The summed E-state index contributed by atoms with van der Waals surface area (Å²) in [5, 5.41) is 0. The summed E-state index contributed by atoms with van der Waals surface area (Å²) in [4.78, 5) is 42.2. The Labute approximate surface area is 470 Å². The van der Waals surface area contributed by atoms with Crippen LogP contribution < -0.4 is 0 Å². The standard InChI is InChI=1S/C56H122O12Si7/c1-43(29-50(8,9)10)36-69(57)60-72(39-46(4)32-53(17,18)19)62-70(58,37-44(2)30-51(11,12)13)64-74(41-48(6)34-55(23,24)25)65-71(59,38-45(3)31-52(14,15)16)63-73(61-69,40-47(5)33-54(20,21)22)67-75(66-72,68-74)42-49(7)35-56(26,27)28/h43-49,57-59H,29-42H2,1-28H3. The van der Waals surface area contributed by atoms with Crippen molar-refractivity contribution in [3.05, 3.63) is 0 Å². The number of hydrogen-bond donors (Lipinski definition) is 3. The summed E-state index contributed by atoms with van der Waals surface area (Å²) < 4.78 is 70.7. The second-order valence-electron chi connectivity index (χ2n) is 34.3. The average molecular weight is 1180 g/mol. The maximum atomic E-state index is 14.1. The molecule has 0 spiro atoms. The second-order valence-corrected chi connectivity index (χ2v) is 54.3. The molecule has 0 saturated carbocycles. The van der Waals surface area contributed by atoms with E-state index in [0.29, 0.717) is 6.04 Å². The molecule has 75 heavy (non-hydrogen) atoms. The molecule has 0 amide bonds. The third-order valence-corrected chi connectivity index (χ3v) is 44.8. The quantitative estimate of drug-likeness (QED) is 0.0941. The van der Waals surface area contributed by atoms with Crippen molar-refractivity contribution in [3.63, 3.8) is 0 Å². The monoisotopic (exact) mass is 1180 g/mol. The highest BCUT2D eigenvalue weighted by molar-refractivity contribution is 6.98. The van der Waals surface area contributed by atoms with E-state index < -0.39 is 61.6 Å². The van der Waals surface area contributed by atoms with E-state index in [0.717, 1.165) is 44.9 Å². The Morgan fingerprint density at radius 1 is 0.227 bits per heavy atom. The van der Waals surface area contributed by atoms with Crippen LogP contribution in [0.5, 0.6) is 0 Å². The molecule has 3 rings (SSSR count). The summed E-state index contributed by atoms with van der Waals surface area (Å²) in [5.74, 6) is -0.384. The first-order chi connectivity index (χ1) is 33.1. The Morgan fingerprint density at radius 3 is 0.480 bits per heavy atom. The SMILES string of the molecule is CC(CC(C)(C)C)C[Si]1(O)O[Si]2(CC(C)CC(C)(C)C)O[Si](O)(CC(C)CC(C)(C)C)O[Si]3(CC(C)CC(C)(C)C)O[Si](O)(CC(C)CC(C)(C)C)O[Si](CC(C)CC(C)(C)C)(O1)O[Si](CC(C)CC(C)(C)C)(O2)O3. The Hall–Kier alpha value is 1.04. The molecule has 3 aliphatic heterocycles. The van der Waals surface area contributed by atoms with Gasteiger partial charge in [-0.15, -0.1) is 0 Å². The molecular weight excluding hydrogens is 1060 g/mol. The molecule has 3 saturated heterocycles. The van der Waals surface area contributed by atoms with Gasteiger partial charge in [0.1, 0.15) is 0 Å². The van der Waals surface area contributed by atoms with Gasteiger partial charge >= 0.3 is 61.6 Å². The van der Waals surface area contributed by atoms with Crippen LogP contribution in [0.15, 0.2) is 0 Å². The summed E-state index contributed by atoms with van der Waals surface area (Å²) in [5.41, 5.74) is -0.537. The van der Waals surface area contributed by atoms with Gasteiger partial charge in [-0.3, -0.25) is 0 Å². The molecule has 7 unspecified atom stereocenters. The first kappa shape index (κ1) is 70.3. The van der Waals surface area contributed by atoms with E-state index in [4.69, 9.17) is 37.0 Å². The minimum Gasteiger partial charge on any atom is -0.391 e. The van der Waals surface area contributed by atoms with Crippen LogP contribution in [0.2, 0.25) is 42.3 Å². The van der Waals surface area contributed by atoms with Gasteiger partial charge in [0.15, 0.2) is 0 Å². The molecule has 19 heteroatoms. The minimum absolute atomic E-state index is 0.0140. The molecule has 3 fully saturated rings. The highest BCUT2D eigenvalue weighted by atomic mass is 28.6. The van der Waals surface area contributed by atoms with Gasteiger partial charge in [0.05, 0.1) is 0 Å². The first-order valence-electron chi connectivity index (χ1n) is 29.6. The van der Waals surface area contributed by atoms with E-state index in [1.54, 1.807) is 0 Å². The van der Waals surface area contributed by atoms with Crippen LogP contribution in [0.3, 0.4) is 0 Å². The Balaban J connectivity index is 2.77. The van der Waals surface area contributed by atoms with Gasteiger partial charge in [-0.05, 0) is 124 Å². The van der Waals surface area contributed by atoms with Gasteiger partial charge < -0.3 is 51.4 Å². The maximum absolute atomic E-state index is 14.1. The molecule has 0 aromatic heterocycles. The zero-order valence-electron chi connectivity index (χ0n) is 54.0. The highest BCUT2D eigenvalue weighted by Gasteiger charge is 2.77. The van der Waals surface area contributed by atoms with Crippen LogP contribution in [0.25, 0.3) is 0 Å². The van der Waals surface area contributed by atoms with Gasteiger partial charge in [0.2, 0.25) is 0 Å². The largest absolute Gasteiger partial charge is 0.483 e. The third-order valence-electron chi connectivity index (χ3n) is 13.8. The molecule has 7 atom stereocenters. The molecule has 0 aromatic carbocycles. The summed E-state index contributed by atoms with van der Waals surface area (Å²) >= 11 is 0. The summed E-state index contributed by atoms with van der Waals surface area (Å²) in [6, 6.07) is 1.64. The lowest BCUT2D eigenvalue weighted by Gasteiger charge is -2.58. The normalized spacial score (nSPS) is 33.8. The van der Waals surface area contributed by atoms with Crippen LogP contribution >= 0.6 is 0 Å². The van der Waals surface area contributed by atoms with Crippen molar-refractivity contribution in [3.8, 4) is 0 Å². The summed E-state index contributed by atoms with van der Waals surface area (Å²) in [6.07, 6.45) is 5.51. The van der Waals surface area contributed by atoms with Crippen LogP contribution in [-0.4, -0.2) is 76.0 Å². The van der Waals surface area contributed by atoms with Crippen molar-refractivity contribution in [2.24, 2.45) is 79.3 Å². The zero-order valence-corrected chi connectivity index (χ0v) is 61.0. The van der Waals surface area contributed by atoms with Crippen molar-refractivity contribution in [2.75, 3.05) is 0 Å². The van der Waals surface area contributed by atoms with Gasteiger partial charge in [-0.2, -0.15) is 0 Å². The molecule has 3 aliphatic rings. The van der Waals surface area contributed by atoms with Crippen molar-refractivity contribution in [1.82, 2.24) is 0 Å². The first-order valence-corrected chi connectivity index (χ1v) is 43.2. The molecule has 3 N–H and O–H groups in total. The lowest BCUT2D eigenvalue weighted by molar-refractivity contribution is 0.000879. The fourth-order valence-electron chi connectivity index (χ4n) is 14.1. The molecule has 0 aromatic rings. The van der Waals surface area contributed by atoms with Gasteiger partial charge in [0.25, 0.3) is 0 Å². The fraction of sp³-hybridized carbons (Fsp3) is 1.00. The Bertz CT molecular complexity index is 1590. The highest BCUT2D eigenvalue weighted by Crippen LogP contribution is 2.53. The lowest BCUT2D eigenvalue weighted by Crippen LogP contribution is -2.82. The fourth-order valence-corrected chi connectivity index (χ4v) is 52.6. The van der Waals surface area contributed by atoms with Crippen molar-refractivity contribution < 1.29 is 51.4 Å². The summed E-state index contributed by atoms with van der Waals surface area (Å²) in [7, 11) is -31.7. The van der Waals surface area contributed by atoms with Crippen LogP contribution in [-0.2, 0) is 37.0 Å². The van der Waals surface area contributed by atoms with E-state index in [1.807, 2.05) is 0 Å². The van der Waals surface area contributed by atoms with E-state index in [2.05, 4.69) is 194 Å². The number of hydrogen-bond acceptors (Lipinski definition) is 12. The third kappa shape index (κ3) is 25.6. The minimum atomic E-state index is -4.63. The van der Waals surface area contributed by atoms with Crippen molar-refractivity contribution in [2.45, 2.75) is 281 Å². The van der Waals surface area contributed by atoms with Gasteiger partial charge in [-0.25, -0.2) is 0 Å². The van der Waals surface area contributed by atoms with E-state index in [-0.39, 0.29) is 116 Å². The average Bonchev–Trinajstić information content (AvgIpc) is 2.98. The molecular formula is C56H122O12Si7. The van der Waals surface area contributed by atoms with Gasteiger partial charge in [0, 0.05) is 42.3 Å². The number of rotatable bonds is 21. The topological polar surface area (TPSA) is 144 Å². The molecule has 0 aliphatic carbocycles. The van der Waals surface area contributed by atoms with Crippen LogP contribution in [0, 0.1) is 79.3 Å². The molecule has 3 heterocycles. The van der Waals surface area contributed by atoms with Crippen molar-refractivity contribution >= 4 is 61.6 Å². The molecule has 12 nitrogen and oxygen atoms in total. The smallest absolute Gasteiger partial charge is 0.391 e. The van der Waals surface area contributed by atoms with E-state index in [1.165, 1.54) is 0 Å². The molecule has 0 radical (unpaired) electrons. The van der Waals surface area contributed by atoms with Crippen LogP contribution in [0.4, 0.5) is 0 Å². The second kappa shape index (κ2) is 24.7. The lowest BCUT2D eigenvalue weighted by atomic mass is 9.86. The molecule has 4 bridgehead atoms. The van der Waals surface area contributed by atoms with Crippen LogP contribution in [0.1, 0.15) is 239 Å². The summed E-state index contributed by atoms with van der Waals surface area (Å²) in [6.45, 7) is 62.0. The predicted octanol–water partition coefficient (Wildman–Crippen LogP) is 16.2. The number of fused-ring (bicyclic) bond motifs is 3. The Morgan fingerprint density at radius 2 is 0.347 bits per heavy atom. The molecule has 446 valence electrons. The zero-order chi connectivity index (χ0) is 58.3. The van der Waals surface area contributed by atoms with E-state index in [9.17, 15) is 14.4 Å². The Kier molecular flexibility index (Phi) is 23.2. The van der Waals surface area contributed by atoms with E-state index >= 15 is 0 Å². The predicted molar refractivity (Wildman–Crippen MR) is 323 cm³/mol. The maximum Gasteiger partial charge on any atom is 0.483 e.